The van der Waals surface area contributed by atoms with Crippen LogP contribution >= 0.6 is 0 Å². The molecule has 0 saturated carbocycles. The maximum atomic E-state index is 12.4. The molecule has 0 bridgehead atoms. The molecule has 1 aliphatic heterocycles. The van der Waals surface area contributed by atoms with E-state index < -0.39 is 11.7 Å². The molecule has 1 atom stereocenters. The SMILES string of the molecule is CC[C@@](C)(CCCNC(=O)c1ccc(CNC(=O)OC(C)(C)C)cc1)C1OCCO1. The van der Waals surface area contributed by atoms with Crippen LogP contribution in [-0.4, -0.2) is 43.7 Å². The average molecular weight is 421 g/mol. The third-order valence-electron chi connectivity index (χ3n) is 5.26. The van der Waals surface area contributed by atoms with Crippen molar-refractivity contribution < 1.29 is 23.8 Å². The molecular weight excluding hydrogens is 384 g/mol. The summed E-state index contributed by atoms with van der Waals surface area (Å²) in [6, 6.07) is 7.18. The smallest absolute Gasteiger partial charge is 0.407 e. The first-order valence-corrected chi connectivity index (χ1v) is 10.7. The van der Waals surface area contributed by atoms with Crippen LogP contribution in [0.5, 0.6) is 0 Å². The lowest BCUT2D eigenvalue weighted by Gasteiger charge is -2.33. The van der Waals surface area contributed by atoms with Crippen LogP contribution in [0.4, 0.5) is 4.79 Å². The number of nitrogens with one attached hydrogen (secondary N) is 2. The molecule has 168 valence electrons. The van der Waals surface area contributed by atoms with E-state index in [1.165, 1.54) is 0 Å². The third-order valence-corrected chi connectivity index (χ3v) is 5.26. The molecule has 1 aromatic rings. The van der Waals surface area contributed by atoms with Crippen LogP contribution in [-0.2, 0) is 20.8 Å². The highest BCUT2D eigenvalue weighted by Crippen LogP contribution is 2.35. The molecule has 0 radical (unpaired) electrons. The molecular formula is C23H36N2O5. The molecule has 0 unspecified atom stereocenters. The fourth-order valence-corrected chi connectivity index (χ4v) is 3.28. The van der Waals surface area contributed by atoms with E-state index in [-0.39, 0.29) is 17.6 Å². The lowest BCUT2D eigenvalue weighted by molar-refractivity contribution is -0.131. The monoisotopic (exact) mass is 420 g/mol. The van der Waals surface area contributed by atoms with Crippen LogP contribution in [0.2, 0.25) is 0 Å². The van der Waals surface area contributed by atoms with Crippen molar-refractivity contribution in [2.75, 3.05) is 19.8 Å². The molecule has 1 heterocycles. The molecule has 7 nitrogen and oxygen atoms in total. The van der Waals surface area contributed by atoms with Gasteiger partial charge in [0.25, 0.3) is 5.91 Å². The molecule has 0 aromatic heterocycles. The number of rotatable bonds is 9. The molecule has 1 saturated heterocycles. The van der Waals surface area contributed by atoms with Crippen molar-refractivity contribution >= 4 is 12.0 Å². The Balaban J connectivity index is 1.73. The predicted octanol–water partition coefficient (Wildman–Crippen LogP) is 4.01. The van der Waals surface area contributed by atoms with Crippen molar-refractivity contribution in [3.05, 3.63) is 35.4 Å². The summed E-state index contributed by atoms with van der Waals surface area (Å²) in [5.74, 6) is -0.104. The lowest BCUT2D eigenvalue weighted by Crippen LogP contribution is -2.34. The minimum absolute atomic E-state index is 0.0377. The topological polar surface area (TPSA) is 85.9 Å². The van der Waals surface area contributed by atoms with Gasteiger partial charge in [0, 0.05) is 24.1 Å². The van der Waals surface area contributed by atoms with Gasteiger partial charge in [-0.15, -0.1) is 0 Å². The van der Waals surface area contributed by atoms with E-state index in [1.807, 2.05) is 32.9 Å². The van der Waals surface area contributed by atoms with Crippen molar-refractivity contribution in [2.45, 2.75) is 72.3 Å². The molecule has 0 aliphatic carbocycles. The van der Waals surface area contributed by atoms with E-state index in [4.69, 9.17) is 14.2 Å². The van der Waals surface area contributed by atoms with Crippen molar-refractivity contribution in [2.24, 2.45) is 5.41 Å². The normalized spacial score (nSPS) is 16.7. The van der Waals surface area contributed by atoms with Gasteiger partial charge in [-0.3, -0.25) is 4.79 Å². The first-order chi connectivity index (χ1) is 14.1. The van der Waals surface area contributed by atoms with Gasteiger partial charge in [-0.1, -0.05) is 26.0 Å². The predicted molar refractivity (Wildman–Crippen MR) is 115 cm³/mol. The quantitative estimate of drug-likeness (QED) is 0.590. The lowest BCUT2D eigenvalue weighted by atomic mass is 9.82. The Bertz CT molecular complexity index is 693. The summed E-state index contributed by atoms with van der Waals surface area (Å²) in [5, 5.41) is 5.68. The number of ether oxygens (including phenoxy) is 3. The molecule has 2 N–H and O–H groups in total. The minimum Gasteiger partial charge on any atom is -0.444 e. The standard InChI is InChI=1S/C23H36N2O5/c1-6-23(5,20-28-14-15-29-20)12-7-13-24-19(26)18-10-8-17(9-11-18)16-25-21(27)30-22(2,3)4/h8-11,20H,6-7,12-16H2,1-5H3,(H,24,26)(H,25,27)/t23-/m0/s1. The van der Waals surface area contributed by atoms with Gasteiger partial charge in [-0.25, -0.2) is 4.79 Å². The van der Waals surface area contributed by atoms with E-state index >= 15 is 0 Å². The maximum absolute atomic E-state index is 12.4. The van der Waals surface area contributed by atoms with Crippen molar-refractivity contribution in [1.29, 1.82) is 0 Å². The minimum atomic E-state index is -0.530. The Morgan fingerprint density at radius 2 is 1.70 bits per heavy atom. The number of hydrogen-bond acceptors (Lipinski definition) is 5. The summed E-state index contributed by atoms with van der Waals surface area (Å²) in [6.07, 6.45) is 2.13. The summed E-state index contributed by atoms with van der Waals surface area (Å²) in [7, 11) is 0. The van der Waals surface area contributed by atoms with Crippen molar-refractivity contribution in [1.82, 2.24) is 10.6 Å². The molecule has 1 aromatic carbocycles. The summed E-state index contributed by atoms with van der Waals surface area (Å²) in [4.78, 5) is 24.1. The summed E-state index contributed by atoms with van der Waals surface area (Å²) < 4.78 is 16.6. The first kappa shape index (κ1) is 24.2. The van der Waals surface area contributed by atoms with Gasteiger partial charge in [-0.2, -0.15) is 0 Å². The zero-order valence-electron chi connectivity index (χ0n) is 18.9. The second kappa shape index (κ2) is 10.8. The Morgan fingerprint density at radius 3 is 2.27 bits per heavy atom. The number of amides is 2. The van der Waals surface area contributed by atoms with Gasteiger partial charge in [0.15, 0.2) is 6.29 Å². The highest BCUT2D eigenvalue weighted by molar-refractivity contribution is 5.94. The Labute approximate surface area is 179 Å². The summed E-state index contributed by atoms with van der Waals surface area (Å²) in [6.45, 7) is 12.0. The second-order valence-corrected chi connectivity index (χ2v) is 8.99. The van der Waals surface area contributed by atoms with Crippen LogP contribution in [0.25, 0.3) is 0 Å². The van der Waals surface area contributed by atoms with Crippen LogP contribution in [0.3, 0.4) is 0 Å². The molecule has 1 aliphatic rings. The van der Waals surface area contributed by atoms with Gasteiger partial charge >= 0.3 is 6.09 Å². The van der Waals surface area contributed by atoms with E-state index in [0.717, 1.165) is 24.8 Å². The second-order valence-electron chi connectivity index (χ2n) is 8.99. The maximum Gasteiger partial charge on any atom is 0.407 e. The van der Waals surface area contributed by atoms with Gasteiger partial charge in [0.1, 0.15) is 5.60 Å². The zero-order chi connectivity index (χ0) is 22.2. The summed E-state index contributed by atoms with van der Waals surface area (Å²) >= 11 is 0. The Kier molecular flexibility index (Phi) is 8.67. The molecule has 2 amide bonds. The highest BCUT2D eigenvalue weighted by atomic mass is 16.7. The third kappa shape index (κ3) is 7.61. The van der Waals surface area contributed by atoms with E-state index in [9.17, 15) is 9.59 Å². The van der Waals surface area contributed by atoms with Crippen LogP contribution < -0.4 is 10.6 Å². The fourth-order valence-electron chi connectivity index (χ4n) is 3.28. The fraction of sp³-hybridized carbons (Fsp3) is 0.652. The highest BCUT2D eigenvalue weighted by Gasteiger charge is 2.36. The molecule has 7 heteroatoms. The zero-order valence-corrected chi connectivity index (χ0v) is 18.9. The number of carbonyl (C=O) groups excluding carboxylic acids is 2. The molecule has 1 fully saturated rings. The van der Waals surface area contributed by atoms with Gasteiger partial charge in [0.2, 0.25) is 0 Å². The molecule has 2 rings (SSSR count). The van der Waals surface area contributed by atoms with Crippen LogP contribution in [0, 0.1) is 5.41 Å². The number of carbonyl (C=O) groups is 2. The number of alkyl carbamates (subject to hydrolysis) is 1. The summed E-state index contributed by atoms with van der Waals surface area (Å²) in [5.41, 5.74) is 0.923. The number of hydrogen-bond donors (Lipinski definition) is 2. The number of benzene rings is 1. The molecule has 0 spiro atoms. The molecule has 30 heavy (non-hydrogen) atoms. The van der Waals surface area contributed by atoms with Crippen LogP contribution in [0.15, 0.2) is 24.3 Å². The Morgan fingerprint density at radius 1 is 1.07 bits per heavy atom. The van der Waals surface area contributed by atoms with Gasteiger partial charge in [0.05, 0.1) is 13.2 Å². The van der Waals surface area contributed by atoms with Crippen LogP contribution in [0.1, 0.15) is 69.8 Å². The average Bonchev–Trinajstić information content (AvgIpc) is 3.24. The van der Waals surface area contributed by atoms with Gasteiger partial charge in [-0.05, 0) is 57.7 Å². The van der Waals surface area contributed by atoms with Gasteiger partial charge < -0.3 is 24.8 Å². The Hall–Kier alpha value is -2.12. The van der Waals surface area contributed by atoms with Crippen molar-refractivity contribution in [3.8, 4) is 0 Å². The van der Waals surface area contributed by atoms with E-state index in [0.29, 0.717) is 31.9 Å². The first-order valence-electron chi connectivity index (χ1n) is 10.7. The van der Waals surface area contributed by atoms with E-state index in [2.05, 4.69) is 24.5 Å². The largest absolute Gasteiger partial charge is 0.444 e. The van der Waals surface area contributed by atoms with Crippen molar-refractivity contribution in [3.63, 3.8) is 0 Å². The van der Waals surface area contributed by atoms with E-state index in [1.54, 1.807) is 12.1 Å².